The number of nitrogens with one attached hydrogen (secondary N) is 1. The highest BCUT2D eigenvalue weighted by Crippen LogP contribution is 2.23. The maximum absolute atomic E-state index is 12.5. The summed E-state index contributed by atoms with van der Waals surface area (Å²) in [6.07, 6.45) is 0. The third kappa shape index (κ3) is 4.82. The Hall–Kier alpha value is -2.57. The average molecular weight is 414 g/mol. The van der Waals surface area contributed by atoms with Crippen LogP contribution in [-0.2, 0) is 4.79 Å². The van der Waals surface area contributed by atoms with Crippen molar-refractivity contribution in [1.29, 1.82) is 0 Å². The van der Waals surface area contributed by atoms with Gasteiger partial charge in [0.15, 0.2) is 0 Å². The summed E-state index contributed by atoms with van der Waals surface area (Å²) in [5.41, 5.74) is 3.35. The van der Waals surface area contributed by atoms with E-state index in [4.69, 9.17) is 11.6 Å². The fraction of sp³-hybridized carbons (Fsp3) is 0.190. The zero-order chi connectivity index (χ0) is 20.3. The van der Waals surface area contributed by atoms with Gasteiger partial charge in [0.25, 0.3) is 5.56 Å². The van der Waals surface area contributed by atoms with Gasteiger partial charge in [0, 0.05) is 16.8 Å². The largest absolute Gasteiger partial charge is 0.325 e. The Morgan fingerprint density at radius 1 is 1.11 bits per heavy atom. The molecule has 0 radical (unpaired) electrons. The van der Waals surface area contributed by atoms with E-state index in [0.29, 0.717) is 21.4 Å². The number of anilines is 1. The van der Waals surface area contributed by atoms with Gasteiger partial charge in [-0.3, -0.25) is 9.59 Å². The van der Waals surface area contributed by atoms with E-state index in [0.717, 1.165) is 11.1 Å². The van der Waals surface area contributed by atoms with Gasteiger partial charge in [0.05, 0.1) is 10.9 Å². The summed E-state index contributed by atoms with van der Waals surface area (Å²) >= 11 is 7.23. The van der Waals surface area contributed by atoms with Crippen LogP contribution in [0, 0.1) is 13.8 Å². The SMILES string of the molecule is Cc1ccc(-n2nc(S[C@@H](C)C(=O)Nc3cccc(Cl)c3)ccc2=O)cc1C. The molecule has 0 saturated heterocycles. The summed E-state index contributed by atoms with van der Waals surface area (Å²) in [6, 6.07) is 15.8. The van der Waals surface area contributed by atoms with Crippen molar-refractivity contribution >= 4 is 35.0 Å². The van der Waals surface area contributed by atoms with Crippen LogP contribution in [0.3, 0.4) is 0 Å². The second-order valence-electron chi connectivity index (χ2n) is 6.45. The Morgan fingerprint density at radius 2 is 1.89 bits per heavy atom. The minimum atomic E-state index is -0.405. The van der Waals surface area contributed by atoms with Gasteiger partial charge in [-0.25, -0.2) is 0 Å². The first-order valence-corrected chi connectivity index (χ1v) is 10.0. The molecule has 0 saturated carbocycles. The molecule has 0 aliphatic heterocycles. The van der Waals surface area contributed by atoms with Crippen LogP contribution in [0.15, 0.2) is 64.4 Å². The van der Waals surface area contributed by atoms with Crippen molar-refractivity contribution in [2.24, 2.45) is 0 Å². The second-order valence-corrected chi connectivity index (χ2v) is 8.25. The Labute approximate surface area is 172 Å². The molecule has 5 nitrogen and oxygen atoms in total. The molecule has 1 N–H and O–H groups in total. The molecule has 0 unspecified atom stereocenters. The Bertz CT molecular complexity index is 1080. The summed E-state index contributed by atoms with van der Waals surface area (Å²) in [5.74, 6) is -0.169. The topological polar surface area (TPSA) is 64.0 Å². The highest BCUT2D eigenvalue weighted by Gasteiger charge is 2.16. The predicted octanol–water partition coefficient (Wildman–Crippen LogP) is 4.62. The number of thioether (sulfide) groups is 1. The molecule has 0 aliphatic carbocycles. The molecule has 7 heteroatoms. The van der Waals surface area contributed by atoms with Crippen LogP contribution in [-0.4, -0.2) is 20.9 Å². The molecule has 3 aromatic rings. The van der Waals surface area contributed by atoms with E-state index in [9.17, 15) is 9.59 Å². The van der Waals surface area contributed by atoms with Crippen molar-refractivity contribution in [3.8, 4) is 5.69 Å². The number of aryl methyl sites for hydroxylation is 2. The molecule has 0 bridgehead atoms. The van der Waals surface area contributed by atoms with Gasteiger partial charge in [-0.1, -0.05) is 35.5 Å². The van der Waals surface area contributed by atoms with Crippen molar-refractivity contribution < 1.29 is 4.79 Å². The second kappa shape index (κ2) is 8.63. The van der Waals surface area contributed by atoms with Crippen LogP contribution in [0.1, 0.15) is 18.1 Å². The lowest BCUT2D eigenvalue weighted by molar-refractivity contribution is -0.115. The summed E-state index contributed by atoms with van der Waals surface area (Å²) in [6.45, 7) is 5.80. The summed E-state index contributed by atoms with van der Waals surface area (Å²) in [5, 5.41) is 8.00. The third-order valence-electron chi connectivity index (χ3n) is 4.27. The van der Waals surface area contributed by atoms with Crippen LogP contribution >= 0.6 is 23.4 Å². The minimum absolute atomic E-state index is 0.169. The number of benzene rings is 2. The molecule has 144 valence electrons. The zero-order valence-electron chi connectivity index (χ0n) is 15.8. The highest BCUT2D eigenvalue weighted by molar-refractivity contribution is 8.00. The first-order chi connectivity index (χ1) is 13.3. The monoisotopic (exact) mass is 413 g/mol. The van der Waals surface area contributed by atoms with E-state index in [1.165, 1.54) is 22.5 Å². The molecule has 1 atom stereocenters. The average Bonchev–Trinajstić information content (AvgIpc) is 2.65. The Morgan fingerprint density at radius 3 is 2.61 bits per heavy atom. The van der Waals surface area contributed by atoms with Gasteiger partial charge < -0.3 is 5.32 Å². The molecule has 0 aliphatic rings. The standard InChI is InChI=1S/C21H20ClN3O2S/c1-13-7-8-18(11-14(13)2)25-20(26)10-9-19(24-25)28-15(3)21(27)23-17-6-4-5-16(22)12-17/h4-12,15H,1-3H3,(H,23,27)/t15-/m0/s1. The van der Waals surface area contributed by atoms with E-state index in [1.54, 1.807) is 37.3 Å². The van der Waals surface area contributed by atoms with Gasteiger partial charge in [-0.2, -0.15) is 9.78 Å². The smallest absolute Gasteiger partial charge is 0.271 e. The maximum atomic E-state index is 12.5. The molecule has 1 amide bonds. The van der Waals surface area contributed by atoms with Crippen molar-refractivity contribution in [3.63, 3.8) is 0 Å². The number of rotatable bonds is 5. The Balaban J connectivity index is 1.77. The first-order valence-electron chi connectivity index (χ1n) is 8.74. The fourth-order valence-electron chi connectivity index (χ4n) is 2.54. The molecule has 0 fully saturated rings. The van der Waals surface area contributed by atoms with Gasteiger partial charge in [0.2, 0.25) is 5.91 Å². The maximum Gasteiger partial charge on any atom is 0.271 e. The lowest BCUT2D eigenvalue weighted by Gasteiger charge is -2.13. The summed E-state index contributed by atoms with van der Waals surface area (Å²) < 4.78 is 1.36. The van der Waals surface area contributed by atoms with E-state index in [-0.39, 0.29) is 11.5 Å². The highest BCUT2D eigenvalue weighted by atomic mass is 35.5. The van der Waals surface area contributed by atoms with E-state index in [1.807, 2.05) is 32.0 Å². The lowest BCUT2D eigenvalue weighted by atomic mass is 10.1. The molecule has 2 aromatic carbocycles. The predicted molar refractivity (Wildman–Crippen MR) is 115 cm³/mol. The minimum Gasteiger partial charge on any atom is -0.325 e. The molecular weight excluding hydrogens is 394 g/mol. The normalized spacial score (nSPS) is 11.9. The number of hydrogen-bond donors (Lipinski definition) is 1. The van der Waals surface area contributed by atoms with Crippen molar-refractivity contribution in [3.05, 3.63) is 81.1 Å². The number of carbonyl (C=O) groups is 1. The summed E-state index contributed by atoms with van der Waals surface area (Å²) in [7, 11) is 0. The molecular formula is C21H20ClN3O2S. The quantitative estimate of drug-likeness (QED) is 0.620. The van der Waals surface area contributed by atoms with Crippen LogP contribution in [0.5, 0.6) is 0 Å². The van der Waals surface area contributed by atoms with Crippen molar-refractivity contribution in [1.82, 2.24) is 9.78 Å². The zero-order valence-corrected chi connectivity index (χ0v) is 17.3. The number of amides is 1. The number of carbonyl (C=O) groups excluding carboxylic acids is 1. The van der Waals surface area contributed by atoms with E-state index < -0.39 is 5.25 Å². The van der Waals surface area contributed by atoms with Gasteiger partial charge in [-0.15, -0.1) is 0 Å². The van der Waals surface area contributed by atoms with Crippen molar-refractivity contribution in [2.45, 2.75) is 31.0 Å². The molecule has 28 heavy (non-hydrogen) atoms. The molecule has 1 aromatic heterocycles. The van der Waals surface area contributed by atoms with Crippen LogP contribution < -0.4 is 10.9 Å². The van der Waals surface area contributed by atoms with Crippen LogP contribution in [0.25, 0.3) is 5.69 Å². The number of hydrogen-bond acceptors (Lipinski definition) is 4. The lowest BCUT2D eigenvalue weighted by Crippen LogP contribution is -2.24. The van der Waals surface area contributed by atoms with Gasteiger partial charge in [0.1, 0.15) is 5.03 Å². The van der Waals surface area contributed by atoms with Gasteiger partial charge >= 0.3 is 0 Å². The number of nitrogens with zero attached hydrogens (tertiary/aromatic N) is 2. The van der Waals surface area contributed by atoms with E-state index >= 15 is 0 Å². The number of halogens is 1. The van der Waals surface area contributed by atoms with Crippen molar-refractivity contribution in [2.75, 3.05) is 5.32 Å². The van der Waals surface area contributed by atoms with Crippen LogP contribution in [0.4, 0.5) is 5.69 Å². The molecule has 3 rings (SSSR count). The first kappa shape index (κ1) is 20.2. The van der Waals surface area contributed by atoms with Gasteiger partial charge in [-0.05, 0) is 68.3 Å². The van der Waals surface area contributed by atoms with E-state index in [2.05, 4.69) is 10.4 Å². The third-order valence-corrected chi connectivity index (χ3v) is 5.53. The molecule has 0 spiro atoms. The van der Waals surface area contributed by atoms with Crippen LogP contribution in [0.2, 0.25) is 5.02 Å². The number of aromatic nitrogens is 2. The summed E-state index contributed by atoms with van der Waals surface area (Å²) in [4.78, 5) is 24.7. The molecule has 1 heterocycles. The Kier molecular flexibility index (Phi) is 6.21. The fourth-order valence-corrected chi connectivity index (χ4v) is 3.54.